The summed E-state index contributed by atoms with van der Waals surface area (Å²) in [5, 5.41) is 20.7. The molecule has 120 valence electrons. The molecule has 2 atom stereocenters. The van der Waals surface area contributed by atoms with Gasteiger partial charge in [0.05, 0.1) is 12.5 Å². The predicted octanol–water partition coefficient (Wildman–Crippen LogP) is 2.09. The summed E-state index contributed by atoms with van der Waals surface area (Å²) in [7, 11) is 0. The zero-order valence-corrected chi connectivity index (χ0v) is 12.5. The van der Waals surface area contributed by atoms with Crippen LogP contribution in [0.3, 0.4) is 0 Å². The van der Waals surface area contributed by atoms with Crippen molar-refractivity contribution in [3.63, 3.8) is 0 Å². The normalized spacial score (nSPS) is 14.6. The zero-order chi connectivity index (χ0) is 16.8. The summed E-state index contributed by atoms with van der Waals surface area (Å²) >= 11 is 0. The Hall–Kier alpha value is -2.44. The van der Waals surface area contributed by atoms with Gasteiger partial charge in [-0.05, 0) is 18.9 Å². The third kappa shape index (κ3) is 3.41. The van der Waals surface area contributed by atoms with Gasteiger partial charge in [0, 0.05) is 4.92 Å². The van der Waals surface area contributed by atoms with Crippen molar-refractivity contribution in [3.8, 4) is 0 Å². The molecule has 0 aromatic heterocycles. The van der Waals surface area contributed by atoms with Crippen LogP contribution in [0.5, 0.6) is 0 Å². The smallest absolute Gasteiger partial charge is 0.324 e. The Morgan fingerprint density at radius 2 is 1.91 bits per heavy atom. The van der Waals surface area contributed by atoms with Gasteiger partial charge in [0.25, 0.3) is 0 Å². The van der Waals surface area contributed by atoms with Gasteiger partial charge in [-0.25, -0.2) is 0 Å². The molecule has 0 aliphatic heterocycles. The molecule has 0 bridgehead atoms. The minimum atomic E-state index is -1.98. The number of benzene rings is 1. The van der Waals surface area contributed by atoms with E-state index in [1.54, 1.807) is 37.3 Å². The summed E-state index contributed by atoms with van der Waals surface area (Å²) in [6.07, 6.45) is -0.103. The summed E-state index contributed by atoms with van der Waals surface area (Å²) in [6, 6.07) is 8.18. The minimum absolute atomic E-state index is 0.00778. The highest BCUT2D eigenvalue weighted by Gasteiger charge is 2.55. The molecular weight excluding hydrogens is 290 g/mol. The van der Waals surface area contributed by atoms with Gasteiger partial charge in [-0.1, -0.05) is 37.3 Å². The predicted molar refractivity (Wildman–Crippen MR) is 78.0 cm³/mol. The van der Waals surface area contributed by atoms with Crippen LogP contribution in [0.15, 0.2) is 30.3 Å². The number of nitro groups is 1. The van der Waals surface area contributed by atoms with Crippen LogP contribution in [0.1, 0.15) is 31.7 Å². The van der Waals surface area contributed by atoms with Gasteiger partial charge in [-0.3, -0.25) is 19.7 Å². The standard InChI is InChI=1S/C15H19NO6/c1-3-15(13(17)18,14(19)22-4-2)12(10-16(20)21)11-8-6-5-7-9-11/h5-9,12H,3-4,10H2,1-2H3,(H,17,18). The molecule has 7 heteroatoms. The Bertz CT molecular complexity index is 544. The number of esters is 1. The molecule has 1 aromatic rings. The molecule has 0 saturated heterocycles. The van der Waals surface area contributed by atoms with E-state index in [-0.39, 0.29) is 13.0 Å². The first-order valence-corrected chi connectivity index (χ1v) is 6.97. The van der Waals surface area contributed by atoms with Crippen molar-refractivity contribution in [2.45, 2.75) is 26.2 Å². The van der Waals surface area contributed by atoms with E-state index in [0.717, 1.165) is 0 Å². The summed E-state index contributed by atoms with van der Waals surface area (Å²) in [4.78, 5) is 34.6. The number of carbonyl (C=O) groups excluding carboxylic acids is 1. The Kier molecular flexibility index (Phi) is 6.03. The number of aliphatic carboxylic acids is 1. The van der Waals surface area contributed by atoms with Gasteiger partial charge >= 0.3 is 11.9 Å². The van der Waals surface area contributed by atoms with E-state index in [1.165, 1.54) is 6.92 Å². The molecule has 0 amide bonds. The van der Waals surface area contributed by atoms with E-state index in [0.29, 0.717) is 5.56 Å². The van der Waals surface area contributed by atoms with Crippen molar-refractivity contribution in [2.75, 3.05) is 13.2 Å². The quantitative estimate of drug-likeness (QED) is 0.341. The zero-order valence-electron chi connectivity index (χ0n) is 12.5. The first kappa shape index (κ1) is 17.6. The molecule has 0 radical (unpaired) electrons. The van der Waals surface area contributed by atoms with Crippen LogP contribution in [0.2, 0.25) is 0 Å². The maximum absolute atomic E-state index is 12.3. The maximum Gasteiger partial charge on any atom is 0.324 e. The Morgan fingerprint density at radius 1 is 1.32 bits per heavy atom. The van der Waals surface area contributed by atoms with Crippen molar-refractivity contribution in [3.05, 3.63) is 46.0 Å². The summed E-state index contributed by atoms with van der Waals surface area (Å²) < 4.78 is 4.90. The fourth-order valence-corrected chi connectivity index (χ4v) is 2.56. The average Bonchev–Trinajstić information content (AvgIpc) is 2.48. The fourth-order valence-electron chi connectivity index (χ4n) is 2.56. The molecule has 7 nitrogen and oxygen atoms in total. The SMILES string of the molecule is CCOC(=O)C(CC)(C(=O)O)C(C[N+](=O)[O-])c1ccccc1. The van der Waals surface area contributed by atoms with Crippen LogP contribution < -0.4 is 0 Å². The number of ether oxygens (including phenoxy) is 1. The Balaban J connectivity index is 3.45. The van der Waals surface area contributed by atoms with Crippen LogP contribution in [0, 0.1) is 15.5 Å². The maximum atomic E-state index is 12.3. The second-order valence-corrected chi connectivity index (χ2v) is 4.83. The number of nitrogens with zero attached hydrogens (tertiary/aromatic N) is 1. The molecule has 0 spiro atoms. The van der Waals surface area contributed by atoms with Crippen LogP contribution in [-0.4, -0.2) is 35.1 Å². The second-order valence-electron chi connectivity index (χ2n) is 4.83. The van der Waals surface area contributed by atoms with Crippen molar-refractivity contribution in [2.24, 2.45) is 5.41 Å². The first-order chi connectivity index (χ1) is 10.4. The summed E-state index contributed by atoms with van der Waals surface area (Å²) in [6.45, 7) is 2.42. The molecule has 1 rings (SSSR count). The molecule has 22 heavy (non-hydrogen) atoms. The van der Waals surface area contributed by atoms with E-state index in [1.807, 2.05) is 0 Å². The van der Waals surface area contributed by atoms with Gasteiger partial charge in [0.15, 0.2) is 5.41 Å². The Morgan fingerprint density at radius 3 is 2.32 bits per heavy atom. The number of carboxylic acid groups (broad SMARTS) is 1. The van der Waals surface area contributed by atoms with Gasteiger partial charge in [-0.15, -0.1) is 0 Å². The molecule has 1 aromatic carbocycles. The topological polar surface area (TPSA) is 107 Å². The fraction of sp³-hybridized carbons (Fsp3) is 0.467. The van der Waals surface area contributed by atoms with Crippen molar-refractivity contribution < 1.29 is 24.4 Å². The molecule has 0 heterocycles. The van der Waals surface area contributed by atoms with Crippen LogP contribution in [-0.2, 0) is 14.3 Å². The molecule has 0 saturated carbocycles. The largest absolute Gasteiger partial charge is 0.480 e. The number of hydrogen-bond donors (Lipinski definition) is 1. The van der Waals surface area contributed by atoms with E-state index in [4.69, 9.17) is 4.74 Å². The lowest BCUT2D eigenvalue weighted by molar-refractivity contribution is -0.485. The van der Waals surface area contributed by atoms with E-state index in [2.05, 4.69) is 0 Å². The lowest BCUT2D eigenvalue weighted by Crippen LogP contribution is -2.47. The monoisotopic (exact) mass is 309 g/mol. The lowest BCUT2D eigenvalue weighted by atomic mass is 9.70. The molecule has 0 fully saturated rings. The lowest BCUT2D eigenvalue weighted by Gasteiger charge is -2.32. The van der Waals surface area contributed by atoms with Crippen molar-refractivity contribution in [1.29, 1.82) is 0 Å². The molecule has 2 unspecified atom stereocenters. The molecular formula is C15H19NO6. The number of hydrogen-bond acceptors (Lipinski definition) is 5. The molecule has 0 aliphatic rings. The van der Waals surface area contributed by atoms with Crippen molar-refractivity contribution >= 4 is 11.9 Å². The van der Waals surface area contributed by atoms with Gasteiger partial charge in [0.1, 0.15) is 0 Å². The van der Waals surface area contributed by atoms with Crippen LogP contribution in [0.25, 0.3) is 0 Å². The third-order valence-corrected chi connectivity index (χ3v) is 3.71. The highest BCUT2D eigenvalue weighted by Crippen LogP contribution is 2.41. The summed E-state index contributed by atoms with van der Waals surface area (Å²) in [5.74, 6) is -3.46. The number of carbonyl (C=O) groups is 2. The number of rotatable bonds is 8. The number of carboxylic acids is 1. The van der Waals surface area contributed by atoms with Crippen LogP contribution in [0.4, 0.5) is 0 Å². The highest BCUT2D eigenvalue weighted by molar-refractivity contribution is 6.00. The van der Waals surface area contributed by atoms with Crippen LogP contribution >= 0.6 is 0 Å². The first-order valence-electron chi connectivity index (χ1n) is 6.97. The van der Waals surface area contributed by atoms with E-state index < -0.39 is 34.7 Å². The second kappa shape index (κ2) is 7.53. The highest BCUT2D eigenvalue weighted by atomic mass is 16.6. The van der Waals surface area contributed by atoms with Gasteiger partial charge < -0.3 is 9.84 Å². The van der Waals surface area contributed by atoms with Crippen molar-refractivity contribution in [1.82, 2.24) is 0 Å². The van der Waals surface area contributed by atoms with Gasteiger partial charge in [-0.2, -0.15) is 0 Å². The third-order valence-electron chi connectivity index (χ3n) is 3.71. The molecule has 1 N–H and O–H groups in total. The molecule has 0 aliphatic carbocycles. The average molecular weight is 309 g/mol. The van der Waals surface area contributed by atoms with E-state index in [9.17, 15) is 24.8 Å². The summed E-state index contributed by atoms with van der Waals surface area (Å²) in [5.41, 5.74) is -1.55. The minimum Gasteiger partial charge on any atom is -0.480 e. The Labute approximate surface area is 128 Å². The van der Waals surface area contributed by atoms with E-state index >= 15 is 0 Å². The van der Waals surface area contributed by atoms with Gasteiger partial charge in [0.2, 0.25) is 6.54 Å².